The fourth-order valence-corrected chi connectivity index (χ4v) is 5.49. The summed E-state index contributed by atoms with van der Waals surface area (Å²) in [6.45, 7) is 1.24. The molecule has 2 amide bonds. The van der Waals surface area contributed by atoms with E-state index in [0.717, 1.165) is 16.4 Å². The predicted molar refractivity (Wildman–Crippen MR) is 104 cm³/mol. The van der Waals surface area contributed by atoms with Crippen molar-refractivity contribution in [1.29, 1.82) is 0 Å². The van der Waals surface area contributed by atoms with E-state index < -0.39 is 44.5 Å². The lowest BCUT2D eigenvalue weighted by atomic mass is 10.3. The quantitative estimate of drug-likeness (QED) is 0.537. The summed E-state index contributed by atoms with van der Waals surface area (Å²) in [4.78, 5) is 35.2. The van der Waals surface area contributed by atoms with Gasteiger partial charge in [0.25, 0.3) is 0 Å². The van der Waals surface area contributed by atoms with E-state index >= 15 is 0 Å². The number of carbonyl (C=O) groups excluding carboxylic acids is 2. The largest absolute Gasteiger partial charge is 0.368 e. The van der Waals surface area contributed by atoms with Gasteiger partial charge in [0.15, 0.2) is 9.84 Å². The zero-order chi connectivity index (χ0) is 20.9. The number of thioether (sulfide) groups is 1. The first kappa shape index (κ1) is 21.7. The first-order valence-corrected chi connectivity index (χ1v) is 10.9. The molecule has 152 valence electrons. The van der Waals surface area contributed by atoms with Crippen LogP contribution in [0.25, 0.3) is 0 Å². The van der Waals surface area contributed by atoms with Gasteiger partial charge < -0.3 is 11.1 Å². The van der Waals surface area contributed by atoms with Crippen LogP contribution in [0.2, 0.25) is 0 Å². The maximum atomic E-state index is 12.8. The van der Waals surface area contributed by atoms with Crippen molar-refractivity contribution >= 4 is 33.4 Å². The van der Waals surface area contributed by atoms with Crippen LogP contribution in [0.3, 0.4) is 0 Å². The summed E-state index contributed by atoms with van der Waals surface area (Å²) >= 11 is 0.995. The number of carbonyl (C=O) groups is 2. The Morgan fingerprint density at radius 1 is 1.29 bits per heavy atom. The molecule has 2 rings (SSSR count). The maximum absolute atomic E-state index is 12.8. The summed E-state index contributed by atoms with van der Waals surface area (Å²) in [7, 11) is -2.25. The van der Waals surface area contributed by atoms with Crippen LogP contribution >= 0.6 is 11.8 Å². The second kappa shape index (κ2) is 9.06. The number of amides is 2. The average molecular weight is 428 g/mol. The van der Waals surface area contributed by atoms with Crippen molar-refractivity contribution in [2.75, 3.05) is 11.5 Å². The minimum atomic E-state index is -3.74. The van der Waals surface area contributed by atoms with E-state index in [-0.39, 0.29) is 10.6 Å². The Balaban J connectivity index is 2.30. The topological polar surface area (TPSA) is 146 Å². The molecular weight excluding hydrogens is 406 g/mol. The maximum Gasteiger partial charge on any atom is 0.346 e. The highest BCUT2D eigenvalue weighted by molar-refractivity contribution is 8.00. The van der Waals surface area contributed by atoms with Gasteiger partial charge in [0, 0.05) is 19.7 Å². The molecule has 0 saturated heterocycles. The van der Waals surface area contributed by atoms with Gasteiger partial charge >= 0.3 is 5.69 Å². The van der Waals surface area contributed by atoms with Crippen LogP contribution < -0.4 is 16.7 Å². The summed E-state index contributed by atoms with van der Waals surface area (Å²) in [5.74, 6) is -1.66. The van der Waals surface area contributed by atoms with Crippen molar-refractivity contribution in [2.24, 2.45) is 12.8 Å². The Labute approximate surface area is 166 Å². The van der Waals surface area contributed by atoms with E-state index in [9.17, 15) is 22.8 Å². The molecule has 0 aliphatic rings. The van der Waals surface area contributed by atoms with E-state index in [1.807, 2.05) is 0 Å². The Kier molecular flexibility index (Phi) is 7.02. The fraction of sp³-hybridized carbons (Fsp3) is 0.375. The molecular formula is C16H21N5O5S2. The summed E-state index contributed by atoms with van der Waals surface area (Å²) in [5, 5.41) is 5.44. The average Bonchev–Trinajstić information content (AvgIpc) is 2.96. The molecule has 0 fully saturated rings. The fourth-order valence-electron chi connectivity index (χ4n) is 2.34. The monoisotopic (exact) mass is 427 g/mol. The van der Waals surface area contributed by atoms with Crippen molar-refractivity contribution in [3.8, 4) is 0 Å². The van der Waals surface area contributed by atoms with Gasteiger partial charge in [-0.25, -0.2) is 13.2 Å². The second-order valence-corrected chi connectivity index (χ2v) is 9.25. The molecule has 0 spiro atoms. The van der Waals surface area contributed by atoms with Gasteiger partial charge in [-0.2, -0.15) is 9.78 Å². The number of rotatable bonds is 9. The van der Waals surface area contributed by atoms with Crippen molar-refractivity contribution in [3.63, 3.8) is 0 Å². The van der Waals surface area contributed by atoms with Crippen LogP contribution in [0.4, 0.5) is 0 Å². The molecule has 2 unspecified atom stereocenters. The van der Waals surface area contributed by atoms with Crippen LogP contribution in [0, 0.1) is 0 Å². The standard InChI is InChI=1S/C16H21N5O5S2/c1-11(22)19-13(15(17)23)8-27-14(21-16(24)20(2)10-18-21)9-28(25,26)12-6-4-3-5-7-12/h3-7,10,13-14H,8-9H2,1-2H3,(H2,17,23)(H,19,22). The predicted octanol–water partition coefficient (Wildman–Crippen LogP) is -0.722. The van der Waals surface area contributed by atoms with Gasteiger partial charge in [-0.3, -0.25) is 14.2 Å². The number of sulfone groups is 1. The van der Waals surface area contributed by atoms with Crippen molar-refractivity contribution in [3.05, 3.63) is 47.1 Å². The third-order valence-electron chi connectivity index (χ3n) is 3.76. The first-order valence-electron chi connectivity index (χ1n) is 8.18. The zero-order valence-electron chi connectivity index (χ0n) is 15.3. The highest BCUT2D eigenvalue weighted by atomic mass is 32.2. The Morgan fingerprint density at radius 2 is 1.93 bits per heavy atom. The SMILES string of the molecule is CC(=O)NC(CSC(CS(=O)(=O)c1ccccc1)n1ncn(C)c1=O)C(N)=O. The van der Waals surface area contributed by atoms with E-state index in [0.29, 0.717) is 0 Å². The number of nitrogens with two attached hydrogens (primary N) is 1. The van der Waals surface area contributed by atoms with Gasteiger partial charge in [-0.15, -0.1) is 11.8 Å². The lowest BCUT2D eigenvalue weighted by molar-refractivity contribution is -0.125. The number of hydrogen-bond acceptors (Lipinski definition) is 7. The highest BCUT2D eigenvalue weighted by Crippen LogP contribution is 2.26. The van der Waals surface area contributed by atoms with E-state index in [1.165, 1.54) is 37.0 Å². The normalized spacial score (nSPS) is 13.6. The van der Waals surface area contributed by atoms with Crippen LogP contribution in [-0.4, -0.2) is 52.1 Å². The highest BCUT2D eigenvalue weighted by Gasteiger charge is 2.28. The van der Waals surface area contributed by atoms with Crippen molar-refractivity contribution < 1.29 is 18.0 Å². The summed E-state index contributed by atoms with van der Waals surface area (Å²) < 4.78 is 27.8. The number of primary amides is 1. The van der Waals surface area contributed by atoms with E-state index in [4.69, 9.17) is 5.73 Å². The molecule has 1 aromatic heterocycles. The third-order valence-corrected chi connectivity index (χ3v) is 6.99. The molecule has 2 aromatic rings. The van der Waals surface area contributed by atoms with Crippen LogP contribution in [0.15, 0.2) is 46.3 Å². The van der Waals surface area contributed by atoms with Gasteiger partial charge in [0.05, 0.1) is 10.6 Å². The van der Waals surface area contributed by atoms with Gasteiger partial charge in [0.2, 0.25) is 11.8 Å². The molecule has 0 radical (unpaired) electrons. The van der Waals surface area contributed by atoms with Crippen molar-refractivity contribution in [2.45, 2.75) is 23.2 Å². The lowest BCUT2D eigenvalue weighted by Gasteiger charge is -2.20. The molecule has 1 aromatic carbocycles. The summed E-state index contributed by atoms with van der Waals surface area (Å²) in [6, 6.07) is 6.80. The molecule has 0 bridgehead atoms. The third kappa shape index (κ3) is 5.45. The molecule has 3 N–H and O–H groups in total. The smallest absolute Gasteiger partial charge is 0.346 e. The lowest BCUT2D eigenvalue weighted by Crippen LogP contribution is -2.45. The number of hydrogen-bond donors (Lipinski definition) is 2. The zero-order valence-corrected chi connectivity index (χ0v) is 16.9. The van der Waals surface area contributed by atoms with Gasteiger partial charge in [-0.05, 0) is 12.1 Å². The Hall–Kier alpha value is -2.60. The molecule has 2 atom stereocenters. The van der Waals surface area contributed by atoms with Crippen LogP contribution in [-0.2, 0) is 26.5 Å². The summed E-state index contributed by atoms with van der Waals surface area (Å²) in [5.41, 5.74) is 4.78. The molecule has 12 heteroatoms. The van der Waals surface area contributed by atoms with E-state index in [1.54, 1.807) is 18.2 Å². The molecule has 0 aliphatic carbocycles. The molecule has 0 aliphatic heterocycles. The molecule has 10 nitrogen and oxygen atoms in total. The van der Waals surface area contributed by atoms with E-state index in [2.05, 4.69) is 10.4 Å². The number of benzene rings is 1. The number of nitrogens with zero attached hydrogens (tertiary/aromatic N) is 3. The molecule has 28 heavy (non-hydrogen) atoms. The van der Waals surface area contributed by atoms with Crippen LogP contribution in [0.5, 0.6) is 0 Å². The Bertz CT molecular complexity index is 1000. The number of aromatic nitrogens is 3. The first-order chi connectivity index (χ1) is 13.1. The second-order valence-electron chi connectivity index (χ2n) is 6.01. The van der Waals surface area contributed by atoms with Gasteiger partial charge in [0.1, 0.15) is 17.7 Å². The minimum Gasteiger partial charge on any atom is -0.368 e. The summed E-state index contributed by atoms with van der Waals surface area (Å²) in [6.07, 6.45) is 1.27. The minimum absolute atomic E-state index is 0.0209. The molecule has 1 heterocycles. The Morgan fingerprint density at radius 3 is 2.43 bits per heavy atom. The van der Waals surface area contributed by atoms with Gasteiger partial charge in [-0.1, -0.05) is 18.2 Å². The van der Waals surface area contributed by atoms with Crippen LogP contribution in [0.1, 0.15) is 12.3 Å². The molecule has 0 saturated carbocycles. The number of aryl methyl sites for hydroxylation is 1. The number of nitrogens with one attached hydrogen (secondary N) is 1. The van der Waals surface area contributed by atoms with Crippen molar-refractivity contribution in [1.82, 2.24) is 19.7 Å².